The number of thiazole rings is 1. The van der Waals surface area contributed by atoms with E-state index in [-0.39, 0.29) is 11.7 Å². The molecule has 0 fully saturated rings. The molecule has 5 nitrogen and oxygen atoms in total. The number of aromatic nitrogens is 2. The van der Waals surface area contributed by atoms with E-state index in [9.17, 15) is 10.0 Å². The van der Waals surface area contributed by atoms with Crippen LogP contribution in [0.1, 0.15) is 0 Å². The van der Waals surface area contributed by atoms with Crippen molar-refractivity contribution in [2.45, 2.75) is 5.03 Å². The standard InChI is InChI=1S/C19H17N3O2S2/c1-2-11-21(17(23)14-25-18-10-6-7-12-22(18)24)19-20-16(13-26-19)15-8-4-3-5-9-15/h2-10,12-13H,1,11,14H2. The highest BCUT2D eigenvalue weighted by molar-refractivity contribution is 7.99. The average Bonchev–Trinajstić information content (AvgIpc) is 3.16. The molecule has 132 valence electrons. The Kier molecular flexibility index (Phi) is 6.04. The van der Waals surface area contributed by atoms with E-state index in [1.54, 1.807) is 29.2 Å². The molecule has 0 bridgehead atoms. The van der Waals surface area contributed by atoms with Gasteiger partial charge in [-0.2, -0.15) is 4.73 Å². The number of nitrogens with zero attached hydrogens (tertiary/aromatic N) is 3. The predicted molar refractivity (Wildman–Crippen MR) is 106 cm³/mol. The van der Waals surface area contributed by atoms with Gasteiger partial charge in [-0.1, -0.05) is 36.4 Å². The van der Waals surface area contributed by atoms with Crippen LogP contribution in [0, 0.1) is 5.21 Å². The van der Waals surface area contributed by atoms with Gasteiger partial charge in [0.05, 0.1) is 11.4 Å². The number of thioether (sulfide) groups is 1. The number of pyridine rings is 1. The molecular weight excluding hydrogens is 366 g/mol. The van der Waals surface area contributed by atoms with Gasteiger partial charge in [-0.3, -0.25) is 9.69 Å². The molecular formula is C19H17N3O2S2. The molecule has 26 heavy (non-hydrogen) atoms. The topological polar surface area (TPSA) is 60.1 Å². The maximum absolute atomic E-state index is 12.7. The lowest BCUT2D eigenvalue weighted by Crippen LogP contribution is -2.33. The van der Waals surface area contributed by atoms with Crippen LogP contribution >= 0.6 is 23.1 Å². The SMILES string of the molecule is C=CCN(C(=O)CSc1cccc[n+]1[O-])c1nc(-c2ccccc2)cs1. The second-order valence-electron chi connectivity index (χ2n) is 5.33. The van der Waals surface area contributed by atoms with Gasteiger partial charge in [0.15, 0.2) is 11.3 Å². The number of carbonyl (C=O) groups excluding carboxylic acids is 1. The van der Waals surface area contributed by atoms with Crippen molar-refractivity contribution in [1.82, 2.24) is 4.98 Å². The molecule has 0 atom stereocenters. The Balaban J connectivity index is 1.74. The van der Waals surface area contributed by atoms with E-state index in [2.05, 4.69) is 11.6 Å². The second-order valence-corrected chi connectivity index (χ2v) is 7.16. The van der Waals surface area contributed by atoms with Gasteiger partial charge in [-0.15, -0.1) is 17.9 Å². The van der Waals surface area contributed by atoms with Gasteiger partial charge < -0.3 is 5.21 Å². The zero-order valence-electron chi connectivity index (χ0n) is 13.9. The molecule has 0 N–H and O–H groups in total. The summed E-state index contributed by atoms with van der Waals surface area (Å²) in [5.41, 5.74) is 1.84. The van der Waals surface area contributed by atoms with Crippen molar-refractivity contribution >= 4 is 34.1 Å². The Hall–Kier alpha value is -2.64. The summed E-state index contributed by atoms with van der Waals surface area (Å²) >= 11 is 2.62. The maximum Gasteiger partial charge on any atom is 0.251 e. The van der Waals surface area contributed by atoms with Crippen LogP contribution in [0.15, 0.2) is 77.8 Å². The van der Waals surface area contributed by atoms with Crippen LogP contribution in [0.3, 0.4) is 0 Å². The summed E-state index contributed by atoms with van der Waals surface area (Å²) in [7, 11) is 0. The lowest BCUT2D eigenvalue weighted by Gasteiger charge is -2.17. The van der Waals surface area contributed by atoms with Crippen molar-refractivity contribution in [3.8, 4) is 11.3 Å². The van der Waals surface area contributed by atoms with Gasteiger partial charge in [0.2, 0.25) is 5.91 Å². The Morgan fingerprint density at radius 1 is 1.27 bits per heavy atom. The van der Waals surface area contributed by atoms with Gasteiger partial charge in [-0.05, 0) is 17.8 Å². The van der Waals surface area contributed by atoms with Crippen molar-refractivity contribution in [2.24, 2.45) is 0 Å². The fourth-order valence-corrected chi connectivity index (χ4v) is 3.93. The van der Waals surface area contributed by atoms with E-state index in [1.165, 1.54) is 29.3 Å². The molecule has 1 amide bonds. The molecule has 3 aromatic rings. The van der Waals surface area contributed by atoms with E-state index in [0.29, 0.717) is 16.7 Å². The summed E-state index contributed by atoms with van der Waals surface area (Å²) in [5, 5.41) is 14.7. The molecule has 0 aliphatic rings. The number of rotatable bonds is 7. The molecule has 0 radical (unpaired) electrons. The van der Waals surface area contributed by atoms with Crippen molar-refractivity contribution < 1.29 is 9.52 Å². The van der Waals surface area contributed by atoms with E-state index in [4.69, 9.17) is 0 Å². The summed E-state index contributed by atoms with van der Waals surface area (Å²) in [4.78, 5) is 18.9. The lowest BCUT2D eigenvalue weighted by atomic mass is 10.2. The predicted octanol–water partition coefficient (Wildman–Crippen LogP) is 3.75. The molecule has 0 saturated heterocycles. The van der Waals surface area contributed by atoms with Crippen molar-refractivity contribution in [1.29, 1.82) is 0 Å². The van der Waals surface area contributed by atoms with Crippen LogP contribution < -0.4 is 9.63 Å². The Labute approximate surface area is 160 Å². The maximum atomic E-state index is 12.7. The van der Waals surface area contributed by atoms with E-state index in [0.717, 1.165) is 16.0 Å². The van der Waals surface area contributed by atoms with Gasteiger partial charge in [-0.25, -0.2) is 4.98 Å². The lowest BCUT2D eigenvalue weighted by molar-refractivity contribution is -0.645. The number of hydrogen-bond donors (Lipinski definition) is 0. The van der Waals surface area contributed by atoms with Gasteiger partial charge >= 0.3 is 0 Å². The zero-order valence-corrected chi connectivity index (χ0v) is 15.6. The third-order valence-electron chi connectivity index (χ3n) is 3.54. The first-order chi connectivity index (χ1) is 12.7. The summed E-state index contributed by atoms with van der Waals surface area (Å²) in [6, 6.07) is 14.9. The number of anilines is 1. The highest BCUT2D eigenvalue weighted by Gasteiger charge is 2.20. The van der Waals surface area contributed by atoms with Crippen LogP contribution in [0.2, 0.25) is 0 Å². The van der Waals surface area contributed by atoms with E-state index in [1.807, 2.05) is 35.7 Å². The Morgan fingerprint density at radius 2 is 2.04 bits per heavy atom. The first-order valence-corrected chi connectivity index (χ1v) is 9.79. The molecule has 0 spiro atoms. The monoisotopic (exact) mass is 383 g/mol. The smallest absolute Gasteiger partial charge is 0.251 e. The normalized spacial score (nSPS) is 10.5. The van der Waals surface area contributed by atoms with Crippen molar-refractivity contribution in [2.75, 3.05) is 17.2 Å². The molecule has 7 heteroatoms. The van der Waals surface area contributed by atoms with Gasteiger partial charge in [0, 0.05) is 29.6 Å². The minimum atomic E-state index is -0.118. The van der Waals surface area contributed by atoms with Crippen molar-refractivity contribution in [3.05, 3.63) is 78.0 Å². The zero-order chi connectivity index (χ0) is 18.4. The molecule has 0 unspecified atom stereocenters. The van der Waals surface area contributed by atoms with E-state index >= 15 is 0 Å². The number of benzene rings is 1. The summed E-state index contributed by atoms with van der Waals surface area (Å²) in [5.74, 6) is 0.0353. The number of amides is 1. The first-order valence-electron chi connectivity index (χ1n) is 7.92. The fourth-order valence-electron chi connectivity index (χ4n) is 2.28. The largest absolute Gasteiger partial charge is 0.618 e. The van der Waals surface area contributed by atoms with Crippen LogP contribution in [0.4, 0.5) is 5.13 Å². The Morgan fingerprint density at radius 3 is 2.77 bits per heavy atom. The third-order valence-corrected chi connectivity index (χ3v) is 5.40. The Bertz CT molecular complexity index is 897. The molecule has 2 aromatic heterocycles. The third kappa shape index (κ3) is 4.30. The second kappa shape index (κ2) is 8.64. The first kappa shape index (κ1) is 18.2. The summed E-state index contributed by atoms with van der Waals surface area (Å²) < 4.78 is 0.757. The van der Waals surface area contributed by atoms with E-state index < -0.39 is 0 Å². The highest BCUT2D eigenvalue weighted by Crippen LogP contribution is 2.28. The van der Waals surface area contributed by atoms with Crippen LogP contribution in [0.25, 0.3) is 11.3 Å². The highest BCUT2D eigenvalue weighted by atomic mass is 32.2. The van der Waals surface area contributed by atoms with Gasteiger partial charge in [0.1, 0.15) is 0 Å². The minimum absolute atomic E-state index is 0.118. The average molecular weight is 383 g/mol. The molecule has 0 saturated carbocycles. The van der Waals surface area contributed by atoms with Gasteiger partial charge in [0.25, 0.3) is 5.03 Å². The number of hydrogen-bond acceptors (Lipinski definition) is 5. The molecule has 3 rings (SSSR count). The molecule has 0 aliphatic carbocycles. The van der Waals surface area contributed by atoms with Crippen LogP contribution in [-0.2, 0) is 4.79 Å². The molecule has 1 aromatic carbocycles. The van der Waals surface area contributed by atoms with Crippen LogP contribution in [0.5, 0.6) is 0 Å². The minimum Gasteiger partial charge on any atom is -0.618 e. The quantitative estimate of drug-likeness (QED) is 0.270. The van der Waals surface area contributed by atoms with Crippen LogP contribution in [-0.4, -0.2) is 23.2 Å². The summed E-state index contributed by atoms with van der Waals surface area (Å²) in [6.45, 7) is 4.10. The molecule has 2 heterocycles. The van der Waals surface area contributed by atoms with Crippen molar-refractivity contribution in [3.63, 3.8) is 0 Å². The number of carbonyl (C=O) groups is 1. The fraction of sp³-hybridized carbons (Fsp3) is 0.105. The summed E-state index contributed by atoms with van der Waals surface area (Å²) in [6.07, 6.45) is 3.09. The molecule has 0 aliphatic heterocycles.